The van der Waals surface area contributed by atoms with Gasteiger partial charge in [0, 0.05) is 38.3 Å². The maximum atomic E-state index is 12.6. The fourth-order valence-corrected chi connectivity index (χ4v) is 4.33. The molecule has 2 N–H and O–H groups in total. The number of likely N-dealkylation sites (N-methyl/N-ethyl adjacent to an activating group) is 1. The van der Waals surface area contributed by atoms with E-state index in [-0.39, 0.29) is 35.7 Å². The maximum Gasteiger partial charge on any atom is 0.310 e. The van der Waals surface area contributed by atoms with Gasteiger partial charge in [-0.05, 0) is 44.0 Å². The van der Waals surface area contributed by atoms with Crippen molar-refractivity contribution in [1.82, 2.24) is 19.9 Å². The van der Waals surface area contributed by atoms with E-state index in [0.717, 1.165) is 24.8 Å². The fourth-order valence-electron chi connectivity index (χ4n) is 4.20. The molecule has 1 atom stereocenters. The Morgan fingerprint density at radius 2 is 2.08 bits per heavy atom. The van der Waals surface area contributed by atoms with Gasteiger partial charge in [0.15, 0.2) is 18.2 Å². The summed E-state index contributed by atoms with van der Waals surface area (Å²) < 4.78 is 12.1. The van der Waals surface area contributed by atoms with E-state index in [1.54, 1.807) is 26.1 Å². The summed E-state index contributed by atoms with van der Waals surface area (Å²) in [7, 11) is 3.14. The van der Waals surface area contributed by atoms with Crippen molar-refractivity contribution in [1.29, 1.82) is 0 Å². The van der Waals surface area contributed by atoms with Crippen molar-refractivity contribution in [2.24, 2.45) is 13.0 Å². The number of aromatic nitrogens is 3. The summed E-state index contributed by atoms with van der Waals surface area (Å²) in [6.07, 6.45) is 3.12. The lowest BCUT2D eigenvalue weighted by molar-refractivity contribution is -0.148. The molecule has 1 aliphatic rings. The predicted octanol–water partition coefficient (Wildman–Crippen LogP) is 2.63. The highest BCUT2D eigenvalue weighted by molar-refractivity contribution is 6.32. The first-order valence-corrected chi connectivity index (χ1v) is 12.4. The van der Waals surface area contributed by atoms with Crippen LogP contribution < -0.4 is 25.8 Å². The zero-order valence-electron chi connectivity index (χ0n) is 20.9. The summed E-state index contributed by atoms with van der Waals surface area (Å²) in [5, 5.41) is 6.72. The van der Waals surface area contributed by atoms with Crippen molar-refractivity contribution in [3.05, 3.63) is 45.8 Å². The molecule has 0 bridgehead atoms. The number of fused-ring (bicyclic) bond motifs is 1. The van der Waals surface area contributed by atoms with Crippen molar-refractivity contribution < 1.29 is 19.1 Å². The molecule has 0 radical (unpaired) electrons. The van der Waals surface area contributed by atoms with E-state index in [2.05, 4.69) is 20.6 Å². The number of nitrogens with zero attached hydrogens (tertiary/aromatic N) is 4. The number of hydrogen-bond donors (Lipinski definition) is 2. The number of anilines is 3. The third kappa shape index (κ3) is 5.93. The van der Waals surface area contributed by atoms with Crippen molar-refractivity contribution >= 4 is 51.8 Å². The van der Waals surface area contributed by atoms with Crippen LogP contribution in [0.3, 0.4) is 0 Å². The van der Waals surface area contributed by atoms with E-state index in [1.807, 2.05) is 17.0 Å². The van der Waals surface area contributed by atoms with E-state index in [0.29, 0.717) is 41.1 Å². The Labute approximate surface area is 218 Å². The molecule has 1 aliphatic heterocycles. The number of aryl methyl sites for hydroxylation is 1. The molecule has 0 saturated carbocycles. The van der Waals surface area contributed by atoms with E-state index < -0.39 is 0 Å². The van der Waals surface area contributed by atoms with Gasteiger partial charge in [0.05, 0.1) is 24.2 Å². The summed E-state index contributed by atoms with van der Waals surface area (Å²) in [6.45, 7) is 3.08. The normalized spacial score (nSPS) is 15.4. The number of nitrogens with one attached hydrogen (secondary N) is 2. The molecule has 1 saturated heterocycles. The van der Waals surface area contributed by atoms with Crippen molar-refractivity contribution in [3.8, 4) is 5.75 Å². The Bertz CT molecular complexity index is 1380. The minimum Gasteiger partial charge on any atom is -0.478 e. The standard InChI is InChI=1S/C25H29ClN6O5/c1-4-36-24(35)15-6-5-9-32(13-15)25-28-12-18(26)22(30-25)29-17-7-8-19-16(10-17)11-20(23(34)31(19)3)37-14-21(33)27-2/h7-8,10-12,15H,4-6,9,13-14H2,1-3H3,(H,27,33)(H,28,29,30)/t15-/m1/s1. The van der Waals surface area contributed by atoms with Gasteiger partial charge in [0.1, 0.15) is 5.02 Å². The number of carbonyl (C=O) groups excluding carboxylic acids is 2. The minimum absolute atomic E-state index is 0.0688. The number of benzene rings is 1. The third-order valence-corrected chi connectivity index (χ3v) is 6.42. The molecule has 1 amide bonds. The maximum absolute atomic E-state index is 12.6. The van der Waals surface area contributed by atoms with Crippen LogP contribution in [0, 0.1) is 5.92 Å². The molecule has 2 aromatic heterocycles. The molecule has 11 nitrogen and oxygen atoms in total. The smallest absolute Gasteiger partial charge is 0.310 e. The van der Waals surface area contributed by atoms with Crippen LogP contribution in [-0.2, 0) is 21.4 Å². The average molecular weight is 529 g/mol. The molecule has 3 heterocycles. The van der Waals surface area contributed by atoms with Gasteiger partial charge in [0.2, 0.25) is 5.95 Å². The minimum atomic E-state index is -0.344. The summed E-state index contributed by atoms with van der Waals surface area (Å²) in [6, 6.07) is 7.04. The largest absolute Gasteiger partial charge is 0.478 e. The Morgan fingerprint density at radius 1 is 1.27 bits per heavy atom. The molecule has 37 heavy (non-hydrogen) atoms. The van der Waals surface area contributed by atoms with Gasteiger partial charge in [-0.15, -0.1) is 0 Å². The second-order valence-corrected chi connectivity index (χ2v) is 9.04. The summed E-state index contributed by atoms with van der Waals surface area (Å²) in [5.41, 5.74) is 1.02. The predicted molar refractivity (Wildman–Crippen MR) is 141 cm³/mol. The molecule has 0 spiro atoms. The molecule has 1 fully saturated rings. The molecule has 0 unspecified atom stereocenters. The van der Waals surface area contributed by atoms with Crippen molar-refractivity contribution in [2.45, 2.75) is 19.8 Å². The second kappa shape index (κ2) is 11.5. The lowest BCUT2D eigenvalue weighted by Gasteiger charge is -2.31. The van der Waals surface area contributed by atoms with E-state index in [9.17, 15) is 14.4 Å². The Kier molecular flexibility index (Phi) is 8.12. The highest BCUT2D eigenvalue weighted by atomic mass is 35.5. The van der Waals surface area contributed by atoms with E-state index in [4.69, 9.17) is 21.1 Å². The number of pyridine rings is 1. The molecule has 1 aromatic carbocycles. The quantitative estimate of drug-likeness (QED) is 0.424. The third-order valence-electron chi connectivity index (χ3n) is 6.15. The summed E-state index contributed by atoms with van der Waals surface area (Å²) in [4.78, 5) is 47.3. The number of halogens is 1. The highest BCUT2D eigenvalue weighted by Gasteiger charge is 2.28. The molecular weight excluding hydrogens is 500 g/mol. The van der Waals surface area contributed by atoms with E-state index in [1.165, 1.54) is 17.8 Å². The van der Waals surface area contributed by atoms with Gasteiger partial charge in [-0.2, -0.15) is 4.98 Å². The molecular formula is C25H29ClN6O5. The molecule has 4 rings (SSSR count). The van der Waals surface area contributed by atoms with Gasteiger partial charge < -0.3 is 29.6 Å². The highest BCUT2D eigenvalue weighted by Crippen LogP contribution is 2.29. The second-order valence-electron chi connectivity index (χ2n) is 8.64. The van der Waals surface area contributed by atoms with Crippen LogP contribution in [0.2, 0.25) is 5.02 Å². The number of rotatable bonds is 8. The first kappa shape index (κ1) is 26.2. The summed E-state index contributed by atoms with van der Waals surface area (Å²) >= 11 is 6.40. The zero-order valence-corrected chi connectivity index (χ0v) is 21.7. The van der Waals surface area contributed by atoms with Crippen molar-refractivity contribution in [3.63, 3.8) is 0 Å². The van der Waals surface area contributed by atoms with Crippen LogP contribution >= 0.6 is 11.6 Å². The number of esters is 1. The molecule has 3 aromatic rings. The molecule has 12 heteroatoms. The zero-order chi connectivity index (χ0) is 26.5. The van der Waals surface area contributed by atoms with Gasteiger partial charge in [-0.25, -0.2) is 4.98 Å². The first-order chi connectivity index (χ1) is 17.8. The first-order valence-electron chi connectivity index (χ1n) is 12.0. The molecule has 196 valence electrons. The number of carbonyl (C=O) groups is 2. The van der Waals surface area contributed by atoms with Gasteiger partial charge in [-0.1, -0.05) is 11.6 Å². The average Bonchev–Trinajstić information content (AvgIpc) is 2.91. The van der Waals surface area contributed by atoms with Gasteiger partial charge >= 0.3 is 5.97 Å². The Balaban J connectivity index is 1.58. The van der Waals surface area contributed by atoms with Crippen molar-refractivity contribution in [2.75, 3.05) is 43.6 Å². The Hall–Kier alpha value is -3.86. The van der Waals surface area contributed by atoms with Crippen LogP contribution in [0.1, 0.15) is 19.8 Å². The number of amides is 1. The van der Waals surface area contributed by atoms with E-state index >= 15 is 0 Å². The number of hydrogen-bond acceptors (Lipinski definition) is 9. The van der Waals surface area contributed by atoms with Crippen LogP contribution in [0.25, 0.3) is 10.9 Å². The fraction of sp³-hybridized carbons (Fsp3) is 0.400. The number of piperidine rings is 1. The number of ether oxygens (including phenoxy) is 2. The van der Waals surface area contributed by atoms with Gasteiger partial charge in [-0.3, -0.25) is 14.4 Å². The Morgan fingerprint density at radius 3 is 2.84 bits per heavy atom. The summed E-state index contributed by atoms with van der Waals surface area (Å²) in [5.74, 6) is 0.174. The van der Waals surface area contributed by atoms with Crippen LogP contribution in [0.15, 0.2) is 35.3 Å². The van der Waals surface area contributed by atoms with Crippen LogP contribution in [0.5, 0.6) is 5.75 Å². The lowest BCUT2D eigenvalue weighted by Crippen LogP contribution is -2.40. The SMILES string of the molecule is CCOC(=O)[C@@H]1CCCN(c2ncc(Cl)c(Nc3ccc4c(c3)cc(OCC(=O)NC)c(=O)n4C)n2)C1. The molecule has 0 aliphatic carbocycles. The topological polar surface area (TPSA) is 128 Å². The van der Waals surface area contributed by atoms with Crippen LogP contribution in [0.4, 0.5) is 17.5 Å². The van der Waals surface area contributed by atoms with Crippen LogP contribution in [-0.4, -0.2) is 59.8 Å². The lowest BCUT2D eigenvalue weighted by atomic mass is 9.98. The monoisotopic (exact) mass is 528 g/mol. The van der Waals surface area contributed by atoms with Gasteiger partial charge in [0.25, 0.3) is 11.5 Å².